The summed E-state index contributed by atoms with van der Waals surface area (Å²) in [6.45, 7) is 5.47. The van der Waals surface area contributed by atoms with Crippen LogP contribution in [-0.4, -0.2) is 19.3 Å². The molecule has 0 aliphatic rings. The van der Waals surface area contributed by atoms with Gasteiger partial charge in [-0.05, 0) is 13.3 Å². The minimum Gasteiger partial charge on any atom is -0.377 e. The first-order chi connectivity index (χ1) is 3.81. The van der Waals surface area contributed by atoms with Crippen LogP contribution in [0.3, 0.4) is 0 Å². The summed E-state index contributed by atoms with van der Waals surface area (Å²) in [6, 6.07) is 0. The van der Waals surface area contributed by atoms with Crippen LogP contribution in [-0.2, 0) is 4.74 Å². The van der Waals surface area contributed by atoms with E-state index in [-0.39, 0.29) is 0 Å². The first-order valence-electron chi connectivity index (χ1n) is 3.13. The second kappa shape index (κ2) is 5.06. The van der Waals surface area contributed by atoms with Gasteiger partial charge in [-0.1, -0.05) is 6.92 Å². The SMILES string of the molecule is CCC(C)OCCN. The van der Waals surface area contributed by atoms with E-state index in [0.29, 0.717) is 19.3 Å². The minimum atomic E-state index is 0.374. The predicted octanol–water partition coefficient (Wildman–Crippen LogP) is 0.760. The third kappa shape index (κ3) is 4.09. The number of nitrogens with two attached hydrogens (primary N) is 1. The van der Waals surface area contributed by atoms with Crippen LogP contribution >= 0.6 is 0 Å². The summed E-state index contributed by atoms with van der Waals surface area (Å²) in [5, 5.41) is 0. The van der Waals surface area contributed by atoms with Crippen LogP contribution in [0.4, 0.5) is 0 Å². The lowest BCUT2D eigenvalue weighted by molar-refractivity contribution is 0.0695. The van der Waals surface area contributed by atoms with E-state index in [0.717, 1.165) is 6.42 Å². The topological polar surface area (TPSA) is 35.2 Å². The van der Waals surface area contributed by atoms with Crippen LogP contribution in [0.2, 0.25) is 0 Å². The zero-order valence-electron chi connectivity index (χ0n) is 5.68. The summed E-state index contributed by atoms with van der Waals surface area (Å²) in [5.41, 5.74) is 5.21. The van der Waals surface area contributed by atoms with E-state index in [9.17, 15) is 0 Å². The lowest BCUT2D eigenvalue weighted by atomic mass is 10.3. The summed E-state index contributed by atoms with van der Waals surface area (Å²) in [4.78, 5) is 0. The van der Waals surface area contributed by atoms with Gasteiger partial charge in [0.1, 0.15) is 0 Å². The van der Waals surface area contributed by atoms with Crippen molar-refractivity contribution in [3.63, 3.8) is 0 Å². The molecule has 0 aromatic heterocycles. The Hall–Kier alpha value is -0.0800. The number of ether oxygens (including phenoxy) is 1. The molecule has 0 fully saturated rings. The van der Waals surface area contributed by atoms with Gasteiger partial charge in [-0.25, -0.2) is 0 Å². The summed E-state index contributed by atoms with van der Waals surface area (Å²) < 4.78 is 5.22. The van der Waals surface area contributed by atoms with E-state index in [4.69, 9.17) is 10.5 Å². The summed E-state index contributed by atoms with van der Waals surface area (Å²) >= 11 is 0. The fourth-order valence-corrected chi connectivity index (χ4v) is 0.387. The zero-order valence-corrected chi connectivity index (χ0v) is 5.68. The smallest absolute Gasteiger partial charge is 0.0592 e. The molecule has 0 aliphatic heterocycles. The highest BCUT2D eigenvalue weighted by Crippen LogP contribution is 1.92. The Balaban J connectivity index is 2.86. The highest BCUT2D eigenvalue weighted by Gasteiger charge is 1.93. The molecular weight excluding hydrogens is 102 g/mol. The van der Waals surface area contributed by atoms with Crippen LogP contribution in [0.1, 0.15) is 20.3 Å². The Kier molecular flexibility index (Phi) is 5.01. The van der Waals surface area contributed by atoms with E-state index >= 15 is 0 Å². The normalized spacial score (nSPS) is 13.9. The summed E-state index contributed by atoms with van der Waals surface area (Å²) in [7, 11) is 0. The van der Waals surface area contributed by atoms with Crippen LogP contribution in [0.25, 0.3) is 0 Å². The van der Waals surface area contributed by atoms with E-state index in [2.05, 4.69) is 13.8 Å². The van der Waals surface area contributed by atoms with E-state index in [1.165, 1.54) is 0 Å². The van der Waals surface area contributed by atoms with Crippen LogP contribution in [0, 0.1) is 0 Å². The van der Waals surface area contributed by atoms with Gasteiger partial charge >= 0.3 is 0 Å². The van der Waals surface area contributed by atoms with Gasteiger partial charge < -0.3 is 10.5 Å². The largest absolute Gasteiger partial charge is 0.377 e. The fraction of sp³-hybridized carbons (Fsp3) is 1.00. The van der Waals surface area contributed by atoms with Crippen molar-refractivity contribution in [2.24, 2.45) is 5.73 Å². The van der Waals surface area contributed by atoms with Gasteiger partial charge in [0, 0.05) is 6.54 Å². The molecule has 1 atom stereocenters. The Morgan fingerprint density at radius 1 is 1.62 bits per heavy atom. The van der Waals surface area contributed by atoms with Crippen molar-refractivity contribution in [3.05, 3.63) is 0 Å². The van der Waals surface area contributed by atoms with Crippen molar-refractivity contribution in [2.75, 3.05) is 13.2 Å². The number of hydrogen-bond donors (Lipinski definition) is 1. The van der Waals surface area contributed by atoms with Crippen molar-refractivity contribution in [3.8, 4) is 0 Å². The van der Waals surface area contributed by atoms with Crippen molar-refractivity contribution in [1.82, 2.24) is 0 Å². The highest BCUT2D eigenvalue weighted by molar-refractivity contribution is 4.43. The monoisotopic (exact) mass is 117 g/mol. The first-order valence-corrected chi connectivity index (χ1v) is 3.13. The Labute approximate surface area is 51.0 Å². The highest BCUT2D eigenvalue weighted by atomic mass is 16.5. The second-order valence-electron chi connectivity index (χ2n) is 1.88. The molecule has 8 heavy (non-hydrogen) atoms. The summed E-state index contributed by atoms with van der Waals surface area (Å²) in [5.74, 6) is 0. The maximum Gasteiger partial charge on any atom is 0.0592 e. The van der Waals surface area contributed by atoms with Crippen molar-refractivity contribution >= 4 is 0 Å². The third-order valence-electron chi connectivity index (χ3n) is 1.10. The lowest BCUT2D eigenvalue weighted by Gasteiger charge is -2.07. The Morgan fingerprint density at radius 2 is 2.25 bits per heavy atom. The van der Waals surface area contributed by atoms with Gasteiger partial charge in [-0.15, -0.1) is 0 Å². The molecule has 0 saturated heterocycles. The Morgan fingerprint density at radius 3 is 2.62 bits per heavy atom. The quantitative estimate of drug-likeness (QED) is 0.590. The zero-order chi connectivity index (χ0) is 6.41. The minimum absolute atomic E-state index is 0.374. The predicted molar refractivity (Wildman–Crippen MR) is 34.8 cm³/mol. The lowest BCUT2D eigenvalue weighted by Crippen LogP contribution is -2.14. The molecule has 0 aromatic carbocycles. The molecule has 50 valence electrons. The molecule has 1 unspecified atom stereocenters. The van der Waals surface area contributed by atoms with Crippen LogP contribution in [0.15, 0.2) is 0 Å². The van der Waals surface area contributed by atoms with Gasteiger partial charge in [0.2, 0.25) is 0 Å². The molecule has 0 rings (SSSR count). The van der Waals surface area contributed by atoms with Crippen molar-refractivity contribution < 1.29 is 4.74 Å². The van der Waals surface area contributed by atoms with Crippen LogP contribution < -0.4 is 5.73 Å². The van der Waals surface area contributed by atoms with Gasteiger partial charge in [0.15, 0.2) is 0 Å². The maximum atomic E-state index is 5.22. The maximum absolute atomic E-state index is 5.22. The van der Waals surface area contributed by atoms with Gasteiger partial charge in [0.25, 0.3) is 0 Å². The molecule has 0 heterocycles. The molecule has 0 saturated carbocycles. The standard InChI is InChI=1S/C6H15NO/c1-3-6(2)8-5-4-7/h6H,3-5,7H2,1-2H3. The number of rotatable bonds is 4. The Bertz CT molecular complexity index is 47.8. The van der Waals surface area contributed by atoms with E-state index in [1.807, 2.05) is 0 Å². The molecule has 2 heteroatoms. The third-order valence-corrected chi connectivity index (χ3v) is 1.10. The molecule has 2 N–H and O–H groups in total. The van der Waals surface area contributed by atoms with Crippen molar-refractivity contribution in [2.45, 2.75) is 26.4 Å². The average Bonchev–Trinajstić information content (AvgIpc) is 1.83. The van der Waals surface area contributed by atoms with Gasteiger partial charge in [0.05, 0.1) is 12.7 Å². The average molecular weight is 117 g/mol. The molecule has 0 aliphatic carbocycles. The first kappa shape index (κ1) is 7.92. The fourth-order valence-electron chi connectivity index (χ4n) is 0.387. The molecular formula is C6H15NO. The molecule has 2 nitrogen and oxygen atoms in total. The molecule has 0 amide bonds. The van der Waals surface area contributed by atoms with Crippen LogP contribution in [0.5, 0.6) is 0 Å². The van der Waals surface area contributed by atoms with E-state index in [1.54, 1.807) is 0 Å². The molecule has 0 aromatic rings. The van der Waals surface area contributed by atoms with Crippen molar-refractivity contribution in [1.29, 1.82) is 0 Å². The van der Waals surface area contributed by atoms with Gasteiger partial charge in [-0.2, -0.15) is 0 Å². The number of hydrogen-bond acceptors (Lipinski definition) is 2. The molecule has 0 spiro atoms. The summed E-state index contributed by atoms with van der Waals surface area (Å²) in [6.07, 6.45) is 1.44. The van der Waals surface area contributed by atoms with Gasteiger partial charge in [-0.3, -0.25) is 0 Å². The molecule has 0 radical (unpaired) electrons. The molecule has 0 bridgehead atoms. The second-order valence-corrected chi connectivity index (χ2v) is 1.88. The van der Waals surface area contributed by atoms with E-state index < -0.39 is 0 Å².